The van der Waals surface area contributed by atoms with E-state index in [1.54, 1.807) is 25.1 Å². The van der Waals surface area contributed by atoms with Crippen LogP contribution in [-0.4, -0.2) is 22.7 Å². The van der Waals surface area contributed by atoms with E-state index in [1.165, 1.54) is 6.07 Å². The smallest absolute Gasteiger partial charge is 0.397 e. The van der Waals surface area contributed by atoms with Crippen LogP contribution in [0.2, 0.25) is 0 Å². The van der Waals surface area contributed by atoms with Gasteiger partial charge in [-0.15, -0.1) is 0 Å². The van der Waals surface area contributed by atoms with Crippen LogP contribution in [-0.2, 0) is 11.2 Å². The lowest BCUT2D eigenvalue weighted by Crippen LogP contribution is -2.05. The van der Waals surface area contributed by atoms with Crippen molar-refractivity contribution in [2.75, 3.05) is 6.61 Å². The average Bonchev–Trinajstić information content (AvgIpc) is 2.81. The van der Waals surface area contributed by atoms with Crippen LogP contribution in [0.1, 0.15) is 29.0 Å². The van der Waals surface area contributed by atoms with E-state index >= 15 is 0 Å². The molecule has 0 bridgehead atoms. The summed E-state index contributed by atoms with van der Waals surface area (Å²) in [4.78, 5) is 15.1. The molecule has 0 aliphatic rings. The van der Waals surface area contributed by atoms with Crippen molar-refractivity contribution in [2.45, 2.75) is 13.3 Å². The number of benzene rings is 1. The number of hydrogen-bond donors (Lipinski definition) is 0. The molecule has 0 fully saturated rings. The van der Waals surface area contributed by atoms with Gasteiger partial charge in [-0.3, -0.25) is 0 Å². The minimum Gasteiger partial charge on any atom is -0.459 e. The van der Waals surface area contributed by atoms with E-state index in [9.17, 15) is 9.18 Å². The molecule has 0 atom stereocenters. The maximum Gasteiger partial charge on any atom is 0.397 e. The molecule has 0 saturated carbocycles. The topological polar surface area (TPSA) is 65.2 Å². The first kappa shape index (κ1) is 12.2. The Labute approximate surface area is 103 Å². The normalized spacial score (nSPS) is 10.3. The van der Waals surface area contributed by atoms with E-state index in [1.807, 2.05) is 0 Å². The number of ether oxygens (including phenoxy) is 1. The predicted octanol–water partition coefficient (Wildman–Crippen LogP) is 1.98. The molecule has 0 spiro atoms. The van der Waals surface area contributed by atoms with E-state index in [4.69, 9.17) is 9.26 Å². The lowest BCUT2D eigenvalue weighted by molar-refractivity contribution is 0.0470. The van der Waals surface area contributed by atoms with Crippen LogP contribution in [0.15, 0.2) is 28.8 Å². The third kappa shape index (κ3) is 2.71. The number of nitrogens with zero attached hydrogens (tertiary/aromatic N) is 2. The van der Waals surface area contributed by atoms with Crippen LogP contribution in [0.4, 0.5) is 4.39 Å². The first-order valence-corrected chi connectivity index (χ1v) is 5.43. The van der Waals surface area contributed by atoms with Gasteiger partial charge in [-0.2, -0.15) is 4.98 Å². The minimum absolute atomic E-state index is 0.162. The molecule has 1 aromatic carbocycles. The highest BCUT2D eigenvalue weighted by molar-refractivity contribution is 5.83. The number of carbonyl (C=O) groups excluding carboxylic acids is 1. The Bertz CT molecular complexity index is 554. The molecule has 0 unspecified atom stereocenters. The molecule has 0 aliphatic heterocycles. The van der Waals surface area contributed by atoms with E-state index < -0.39 is 5.97 Å². The van der Waals surface area contributed by atoms with Crippen molar-refractivity contribution in [3.05, 3.63) is 47.4 Å². The van der Waals surface area contributed by atoms with Gasteiger partial charge in [-0.25, -0.2) is 9.18 Å². The Morgan fingerprint density at radius 1 is 1.44 bits per heavy atom. The summed E-state index contributed by atoms with van der Waals surface area (Å²) in [7, 11) is 0. The van der Waals surface area contributed by atoms with Crippen LogP contribution >= 0.6 is 0 Å². The first-order chi connectivity index (χ1) is 8.70. The SMILES string of the molecule is CCOC(=O)c1nc(Cc2ccccc2F)no1. The summed E-state index contributed by atoms with van der Waals surface area (Å²) in [6, 6.07) is 6.28. The average molecular weight is 250 g/mol. The molecule has 2 rings (SSSR count). The molecule has 1 heterocycles. The number of esters is 1. The maximum atomic E-state index is 13.4. The second kappa shape index (κ2) is 5.39. The maximum absolute atomic E-state index is 13.4. The fourth-order valence-electron chi connectivity index (χ4n) is 1.41. The van der Waals surface area contributed by atoms with Crippen molar-refractivity contribution in [3.63, 3.8) is 0 Å². The minimum atomic E-state index is -0.676. The lowest BCUT2D eigenvalue weighted by atomic mass is 10.1. The summed E-state index contributed by atoms with van der Waals surface area (Å²) >= 11 is 0. The van der Waals surface area contributed by atoms with Gasteiger partial charge < -0.3 is 9.26 Å². The monoisotopic (exact) mass is 250 g/mol. The van der Waals surface area contributed by atoms with Gasteiger partial charge in [-0.05, 0) is 18.6 Å². The summed E-state index contributed by atoms with van der Waals surface area (Å²) in [6.07, 6.45) is 0.162. The summed E-state index contributed by atoms with van der Waals surface area (Å²) in [5.74, 6) is -1.00. The van der Waals surface area contributed by atoms with Crippen molar-refractivity contribution in [2.24, 2.45) is 0 Å². The van der Waals surface area contributed by atoms with Crippen molar-refractivity contribution in [1.82, 2.24) is 10.1 Å². The largest absolute Gasteiger partial charge is 0.459 e. The number of rotatable bonds is 4. The van der Waals surface area contributed by atoms with Crippen LogP contribution in [0.25, 0.3) is 0 Å². The molecule has 94 valence electrons. The Morgan fingerprint density at radius 3 is 2.94 bits per heavy atom. The van der Waals surface area contributed by atoms with E-state index in [-0.39, 0.29) is 30.6 Å². The standard InChI is InChI=1S/C12H11FN2O3/c1-2-17-12(16)11-14-10(15-18-11)7-8-5-3-4-6-9(8)13/h3-6H,2,7H2,1H3. The molecule has 0 N–H and O–H groups in total. The molecule has 1 aromatic heterocycles. The quantitative estimate of drug-likeness (QED) is 0.776. The zero-order valence-electron chi connectivity index (χ0n) is 9.72. The lowest BCUT2D eigenvalue weighted by Gasteiger charge is -1.97. The van der Waals surface area contributed by atoms with E-state index in [0.29, 0.717) is 5.56 Å². The van der Waals surface area contributed by atoms with Gasteiger partial charge >= 0.3 is 11.9 Å². The van der Waals surface area contributed by atoms with Gasteiger partial charge in [0.15, 0.2) is 5.82 Å². The molecular weight excluding hydrogens is 239 g/mol. The van der Waals surface area contributed by atoms with Gasteiger partial charge in [0.25, 0.3) is 0 Å². The van der Waals surface area contributed by atoms with Gasteiger partial charge in [0.05, 0.1) is 6.61 Å². The van der Waals surface area contributed by atoms with Gasteiger partial charge in [0, 0.05) is 6.42 Å². The highest BCUT2D eigenvalue weighted by atomic mass is 19.1. The van der Waals surface area contributed by atoms with E-state index in [2.05, 4.69) is 10.1 Å². The fourth-order valence-corrected chi connectivity index (χ4v) is 1.41. The Hall–Kier alpha value is -2.24. The van der Waals surface area contributed by atoms with Crippen LogP contribution in [0, 0.1) is 5.82 Å². The second-order valence-electron chi connectivity index (χ2n) is 3.50. The number of halogens is 1. The number of carbonyl (C=O) groups is 1. The van der Waals surface area contributed by atoms with Crippen molar-refractivity contribution >= 4 is 5.97 Å². The molecule has 0 amide bonds. The van der Waals surface area contributed by atoms with Crippen molar-refractivity contribution < 1.29 is 18.4 Å². The molecule has 2 aromatic rings. The Kier molecular flexibility index (Phi) is 3.66. The van der Waals surface area contributed by atoms with E-state index in [0.717, 1.165) is 0 Å². The first-order valence-electron chi connectivity index (χ1n) is 5.43. The summed E-state index contributed by atoms with van der Waals surface area (Å²) in [6.45, 7) is 1.90. The molecule has 0 aliphatic carbocycles. The third-order valence-electron chi connectivity index (χ3n) is 2.22. The third-order valence-corrected chi connectivity index (χ3v) is 2.22. The highest BCUT2D eigenvalue weighted by Gasteiger charge is 2.16. The highest BCUT2D eigenvalue weighted by Crippen LogP contribution is 2.11. The second-order valence-corrected chi connectivity index (χ2v) is 3.50. The summed E-state index contributed by atoms with van der Waals surface area (Å²) < 4.78 is 22.8. The number of aromatic nitrogens is 2. The Morgan fingerprint density at radius 2 is 2.22 bits per heavy atom. The zero-order chi connectivity index (χ0) is 13.0. The summed E-state index contributed by atoms with van der Waals surface area (Å²) in [5, 5.41) is 3.60. The van der Waals surface area contributed by atoms with Crippen LogP contribution < -0.4 is 0 Å². The molecule has 5 nitrogen and oxygen atoms in total. The molecular formula is C12H11FN2O3. The predicted molar refractivity (Wildman–Crippen MR) is 59.5 cm³/mol. The number of hydrogen-bond acceptors (Lipinski definition) is 5. The molecule has 18 heavy (non-hydrogen) atoms. The molecule has 0 saturated heterocycles. The van der Waals surface area contributed by atoms with Crippen LogP contribution in [0.3, 0.4) is 0 Å². The van der Waals surface area contributed by atoms with Crippen molar-refractivity contribution in [1.29, 1.82) is 0 Å². The fraction of sp³-hybridized carbons (Fsp3) is 0.250. The van der Waals surface area contributed by atoms with Gasteiger partial charge in [0.1, 0.15) is 5.82 Å². The zero-order valence-corrected chi connectivity index (χ0v) is 9.72. The van der Waals surface area contributed by atoms with Gasteiger partial charge in [0.2, 0.25) is 0 Å². The van der Waals surface area contributed by atoms with Crippen molar-refractivity contribution in [3.8, 4) is 0 Å². The Balaban J connectivity index is 2.12. The van der Waals surface area contributed by atoms with Gasteiger partial charge in [-0.1, -0.05) is 23.4 Å². The van der Waals surface area contributed by atoms with Crippen LogP contribution in [0.5, 0.6) is 0 Å². The summed E-state index contributed by atoms with van der Waals surface area (Å²) in [5.41, 5.74) is 0.439. The molecule has 6 heteroatoms. The molecule has 0 radical (unpaired) electrons.